The van der Waals surface area contributed by atoms with Crippen LogP contribution in [0.25, 0.3) is 11.3 Å². The molecule has 2 rings (SSSR count). The summed E-state index contributed by atoms with van der Waals surface area (Å²) in [5, 5.41) is 7.18. The van der Waals surface area contributed by atoms with E-state index >= 15 is 0 Å². The molecule has 1 N–H and O–H groups in total. The van der Waals surface area contributed by atoms with Crippen LogP contribution in [0, 0.1) is 0 Å². The molecule has 16 heavy (non-hydrogen) atoms. The molecule has 0 aliphatic carbocycles. The number of nitrogens with one attached hydrogen (secondary N) is 1. The molecule has 0 radical (unpaired) electrons. The van der Waals surface area contributed by atoms with E-state index in [1.54, 1.807) is 0 Å². The number of rotatable bonds is 5. The minimum absolute atomic E-state index is 0.847. The summed E-state index contributed by atoms with van der Waals surface area (Å²) in [5.41, 5.74) is 2.10. The van der Waals surface area contributed by atoms with Gasteiger partial charge in [0.2, 0.25) is 0 Å². The molecule has 0 fully saturated rings. The summed E-state index contributed by atoms with van der Waals surface area (Å²) in [4.78, 5) is 0. The Bertz CT molecular complexity index is 423. The van der Waals surface area contributed by atoms with Gasteiger partial charge in [-0.25, -0.2) is 0 Å². The Kier molecular flexibility index (Phi) is 3.72. The minimum atomic E-state index is 0.847. The highest BCUT2D eigenvalue weighted by atomic mass is 16.5. The molecule has 1 aromatic heterocycles. The highest BCUT2D eigenvalue weighted by Gasteiger charge is 2.05. The summed E-state index contributed by atoms with van der Waals surface area (Å²) in [6.45, 7) is 1.01. The average molecular weight is 216 g/mol. The van der Waals surface area contributed by atoms with Crippen LogP contribution >= 0.6 is 0 Å². The number of hydrogen-bond donors (Lipinski definition) is 1. The van der Waals surface area contributed by atoms with E-state index < -0.39 is 0 Å². The Morgan fingerprint density at radius 1 is 1.25 bits per heavy atom. The predicted molar refractivity (Wildman–Crippen MR) is 64.2 cm³/mol. The third-order valence-corrected chi connectivity index (χ3v) is 2.48. The van der Waals surface area contributed by atoms with Gasteiger partial charge in [0.15, 0.2) is 5.76 Å². The molecule has 1 aromatic carbocycles. The van der Waals surface area contributed by atoms with Crippen LogP contribution in [0.15, 0.2) is 40.9 Å². The molecule has 0 saturated heterocycles. The van der Waals surface area contributed by atoms with Crippen molar-refractivity contribution in [1.29, 1.82) is 0 Å². The van der Waals surface area contributed by atoms with Crippen LogP contribution in [0.2, 0.25) is 0 Å². The summed E-state index contributed by atoms with van der Waals surface area (Å²) in [6, 6.07) is 12.1. The number of aromatic nitrogens is 1. The molecule has 0 amide bonds. The third-order valence-electron chi connectivity index (χ3n) is 2.48. The van der Waals surface area contributed by atoms with Gasteiger partial charge in [0.1, 0.15) is 0 Å². The van der Waals surface area contributed by atoms with E-state index in [0.717, 1.165) is 36.4 Å². The Balaban J connectivity index is 2.02. The van der Waals surface area contributed by atoms with E-state index in [2.05, 4.69) is 10.5 Å². The lowest BCUT2D eigenvalue weighted by Crippen LogP contribution is -2.08. The van der Waals surface area contributed by atoms with Gasteiger partial charge in [0.25, 0.3) is 0 Å². The molecule has 0 aliphatic heterocycles. The first-order chi connectivity index (χ1) is 7.90. The number of hydrogen-bond acceptors (Lipinski definition) is 3. The van der Waals surface area contributed by atoms with Gasteiger partial charge < -0.3 is 9.84 Å². The molecule has 0 saturated carbocycles. The molecule has 1 heterocycles. The molecule has 0 aliphatic rings. The lowest BCUT2D eigenvalue weighted by Gasteiger charge is -1.94. The largest absolute Gasteiger partial charge is 0.356 e. The fraction of sp³-hybridized carbons (Fsp3) is 0.308. The molecular weight excluding hydrogens is 200 g/mol. The average Bonchev–Trinajstić information content (AvgIpc) is 2.79. The highest BCUT2D eigenvalue weighted by Crippen LogP contribution is 2.19. The van der Waals surface area contributed by atoms with E-state index in [1.165, 1.54) is 0 Å². The first-order valence-electron chi connectivity index (χ1n) is 5.56. The van der Waals surface area contributed by atoms with Gasteiger partial charge in [-0.3, -0.25) is 0 Å². The van der Waals surface area contributed by atoms with Crippen LogP contribution in [0.3, 0.4) is 0 Å². The second kappa shape index (κ2) is 5.47. The van der Waals surface area contributed by atoms with Crippen LogP contribution in [0.4, 0.5) is 0 Å². The smallest absolute Gasteiger partial charge is 0.167 e. The lowest BCUT2D eigenvalue weighted by atomic mass is 10.1. The Morgan fingerprint density at radius 2 is 2.06 bits per heavy atom. The lowest BCUT2D eigenvalue weighted by molar-refractivity contribution is 0.422. The van der Waals surface area contributed by atoms with Crippen molar-refractivity contribution in [1.82, 2.24) is 10.5 Å². The van der Waals surface area contributed by atoms with Gasteiger partial charge in [0, 0.05) is 11.6 Å². The molecule has 0 spiro atoms. The van der Waals surface area contributed by atoms with Crippen molar-refractivity contribution in [2.45, 2.75) is 12.8 Å². The van der Waals surface area contributed by atoms with Crippen LogP contribution in [0.5, 0.6) is 0 Å². The summed E-state index contributed by atoms with van der Waals surface area (Å²) in [5.74, 6) is 0.847. The van der Waals surface area contributed by atoms with Gasteiger partial charge in [-0.05, 0) is 26.4 Å². The standard InChI is InChI=1S/C13H16N2O/c1-14-9-5-8-12-10-13(16-15-12)11-6-3-2-4-7-11/h2-4,6-7,10,14H,5,8-9H2,1H3. The van der Waals surface area contributed by atoms with Crippen LogP contribution in [-0.4, -0.2) is 18.7 Å². The molecule has 84 valence electrons. The van der Waals surface area contributed by atoms with Crippen molar-refractivity contribution in [2.24, 2.45) is 0 Å². The van der Waals surface area contributed by atoms with Crippen molar-refractivity contribution in [3.63, 3.8) is 0 Å². The Morgan fingerprint density at radius 3 is 2.81 bits per heavy atom. The van der Waals surface area contributed by atoms with Gasteiger partial charge in [-0.15, -0.1) is 0 Å². The van der Waals surface area contributed by atoms with Crippen molar-refractivity contribution >= 4 is 0 Å². The maximum atomic E-state index is 5.31. The fourth-order valence-electron chi connectivity index (χ4n) is 1.61. The quantitative estimate of drug-likeness (QED) is 0.780. The van der Waals surface area contributed by atoms with Gasteiger partial charge in [-0.2, -0.15) is 0 Å². The Hall–Kier alpha value is -1.61. The third kappa shape index (κ3) is 2.70. The van der Waals surface area contributed by atoms with Crippen molar-refractivity contribution < 1.29 is 4.52 Å². The van der Waals surface area contributed by atoms with E-state index in [9.17, 15) is 0 Å². The van der Waals surface area contributed by atoms with Crippen LogP contribution in [0.1, 0.15) is 12.1 Å². The topological polar surface area (TPSA) is 38.1 Å². The SMILES string of the molecule is CNCCCc1cc(-c2ccccc2)on1. The minimum Gasteiger partial charge on any atom is -0.356 e. The van der Waals surface area contributed by atoms with Crippen molar-refractivity contribution in [3.8, 4) is 11.3 Å². The van der Waals surface area contributed by atoms with E-state index in [0.29, 0.717) is 0 Å². The summed E-state index contributed by atoms with van der Waals surface area (Å²) in [6.07, 6.45) is 2.04. The van der Waals surface area contributed by atoms with Gasteiger partial charge in [0.05, 0.1) is 5.69 Å². The van der Waals surface area contributed by atoms with Gasteiger partial charge >= 0.3 is 0 Å². The number of aryl methyl sites for hydroxylation is 1. The van der Waals surface area contributed by atoms with E-state index in [1.807, 2.05) is 43.4 Å². The zero-order chi connectivity index (χ0) is 11.2. The number of benzene rings is 1. The predicted octanol–water partition coefficient (Wildman–Crippen LogP) is 2.49. The van der Waals surface area contributed by atoms with Crippen LogP contribution < -0.4 is 5.32 Å². The van der Waals surface area contributed by atoms with Gasteiger partial charge in [-0.1, -0.05) is 35.5 Å². The van der Waals surface area contributed by atoms with E-state index in [-0.39, 0.29) is 0 Å². The fourth-order valence-corrected chi connectivity index (χ4v) is 1.61. The second-order valence-corrected chi connectivity index (χ2v) is 3.76. The molecule has 0 bridgehead atoms. The summed E-state index contributed by atoms with van der Waals surface area (Å²) < 4.78 is 5.31. The summed E-state index contributed by atoms with van der Waals surface area (Å²) in [7, 11) is 1.96. The highest BCUT2D eigenvalue weighted by molar-refractivity contribution is 5.56. The normalized spacial score (nSPS) is 10.6. The molecular formula is C13H16N2O. The molecule has 2 aromatic rings. The maximum absolute atomic E-state index is 5.31. The molecule has 3 heteroatoms. The second-order valence-electron chi connectivity index (χ2n) is 3.76. The zero-order valence-corrected chi connectivity index (χ0v) is 9.44. The van der Waals surface area contributed by atoms with Crippen molar-refractivity contribution in [3.05, 3.63) is 42.1 Å². The van der Waals surface area contributed by atoms with Crippen LogP contribution in [-0.2, 0) is 6.42 Å². The number of nitrogens with zero attached hydrogens (tertiary/aromatic N) is 1. The van der Waals surface area contributed by atoms with Crippen molar-refractivity contribution in [2.75, 3.05) is 13.6 Å². The maximum Gasteiger partial charge on any atom is 0.167 e. The first kappa shape index (κ1) is 10.9. The zero-order valence-electron chi connectivity index (χ0n) is 9.44. The Labute approximate surface area is 95.5 Å². The monoisotopic (exact) mass is 216 g/mol. The summed E-state index contributed by atoms with van der Waals surface area (Å²) >= 11 is 0. The van der Waals surface area contributed by atoms with E-state index in [4.69, 9.17) is 4.52 Å². The first-order valence-corrected chi connectivity index (χ1v) is 5.56. The molecule has 3 nitrogen and oxygen atoms in total. The molecule has 0 atom stereocenters. The molecule has 0 unspecified atom stereocenters.